The van der Waals surface area contributed by atoms with E-state index in [1.807, 2.05) is 79.1 Å². The van der Waals surface area contributed by atoms with Crippen molar-refractivity contribution >= 4 is 17.9 Å². The van der Waals surface area contributed by atoms with Crippen LogP contribution in [0.3, 0.4) is 0 Å². The molecule has 2 unspecified atom stereocenters. The fourth-order valence-corrected chi connectivity index (χ4v) is 4.54. The summed E-state index contributed by atoms with van der Waals surface area (Å²) in [4.78, 5) is 19.8. The van der Waals surface area contributed by atoms with Gasteiger partial charge in [-0.05, 0) is 59.4 Å². The molecule has 0 aromatic heterocycles. The molecule has 1 aliphatic heterocycles. The highest BCUT2D eigenvalue weighted by Crippen LogP contribution is 2.34. The zero-order valence-electron chi connectivity index (χ0n) is 17.9. The minimum atomic E-state index is -0.643. The third kappa shape index (κ3) is 4.30. The van der Waals surface area contributed by atoms with E-state index in [1.54, 1.807) is 0 Å². The molecule has 0 radical (unpaired) electrons. The van der Waals surface area contributed by atoms with Crippen molar-refractivity contribution in [1.29, 1.82) is 0 Å². The maximum absolute atomic E-state index is 12.9. The number of carbonyl (C=O) groups is 1. The number of aliphatic imine (C=N–C) groups is 1. The van der Waals surface area contributed by atoms with Crippen molar-refractivity contribution in [2.45, 2.75) is 31.4 Å². The highest BCUT2D eigenvalue weighted by atomic mass is 16.3. The zero-order chi connectivity index (χ0) is 21.9. The Balaban J connectivity index is 1.31. The number of nitrogens with zero attached hydrogens (tertiary/aromatic N) is 2. The molecule has 1 amide bonds. The van der Waals surface area contributed by atoms with Crippen LogP contribution in [0.15, 0.2) is 77.8 Å². The topological polar surface area (TPSA) is 64.9 Å². The molecular formula is C27H27N3O2. The number of benzene rings is 3. The van der Waals surface area contributed by atoms with E-state index >= 15 is 0 Å². The van der Waals surface area contributed by atoms with E-state index in [0.29, 0.717) is 12.0 Å². The van der Waals surface area contributed by atoms with Crippen LogP contribution in [0.2, 0.25) is 0 Å². The maximum atomic E-state index is 12.9. The summed E-state index contributed by atoms with van der Waals surface area (Å²) in [6.07, 6.45) is 4.21. The molecule has 162 valence electrons. The van der Waals surface area contributed by atoms with Crippen molar-refractivity contribution < 1.29 is 9.90 Å². The number of rotatable bonds is 5. The molecule has 0 bridgehead atoms. The quantitative estimate of drug-likeness (QED) is 0.467. The fourth-order valence-electron chi connectivity index (χ4n) is 4.54. The summed E-state index contributed by atoms with van der Waals surface area (Å²) in [5, 5.41) is 13.7. The van der Waals surface area contributed by atoms with Crippen LogP contribution >= 0.6 is 0 Å². The number of aliphatic hydroxyl groups excluding tert-OH is 1. The lowest BCUT2D eigenvalue weighted by molar-refractivity contribution is 0.0858. The van der Waals surface area contributed by atoms with E-state index in [1.165, 1.54) is 12.8 Å². The van der Waals surface area contributed by atoms with Crippen LogP contribution in [0, 0.1) is 0 Å². The van der Waals surface area contributed by atoms with E-state index in [-0.39, 0.29) is 5.91 Å². The number of amides is 1. The molecule has 2 atom stereocenters. The number of fused-ring (bicyclic) bond motifs is 1. The summed E-state index contributed by atoms with van der Waals surface area (Å²) in [6.45, 7) is 2.10. The van der Waals surface area contributed by atoms with Gasteiger partial charge in [0.05, 0.1) is 24.2 Å². The van der Waals surface area contributed by atoms with E-state index in [4.69, 9.17) is 0 Å². The van der Waals surface area contributed by atoms with Gasteiger partial charge in [-0.15, -0.1) is 0 Å². The lowest BCUT2D eigenvalue weighted by Gasteiger charge is -2.18. The van der Waals surface area contributed by atoms with Crippen molar-refractivity contribution in [3.63, 3.8) is 0 Å². The number of carbonyl (C=O) groups excluding carboxylic acids is 1. The third-order valence-corrected chi connectivity index (χ3v) is 6.33. The average molecular weight is 426 g/mol. The summed E-state index contributed by atoms with van der Waals surface area (Å²) < 4.78 is 0. The standard InChI is InChI=1S/C27H27N3O2/c31-25-16-22-12-13-23(28-18-30-14-4-5-15-30)17-24(22)26(25)29-27(32)21-10-8-20(9-11-21)19-6-2-1-3-7-19/h1-3,6-13,17-18,25-26,31H,4-5,14-16H2,(H,29,32). The summed E-state index contributed by atoms with van der Waals surface area (Å²) in [5.74, 6) is -0.188. The maximum Gasteiger partial charge on any atom is 0.251 e. The minimum absolute atomic E-state index is 0.188. The minimum Gasteiger partial charge on any atom is -0.390 e. The fraction of sp³-hybridized carbons (Fsp3) is 0.259. The normalized spacial score (nSPS) is 20.0. The van der Waals surface area contributed by atoms with Gasteiger partial charge in [0.15, 0.2) is 0 Å². The van der Waals surface area contributed by atoms with Gasteiger partial charge in [0, 0.05) is 25.1 Å². The molecule has 2 N–H and O–H groups in total. The van der Waals surface area contributed by atoms with Gasteiger partial charge >= 0.3 is 0 Å². The molecule has 1 saturated heterocycles. The predicted octanol–water partition coefficient (Wildman–Crippen LogP) is 4.50. The molecule has 0 saturated carbocycles. The third-order valence-electron chi connectivity index (χ3n) is 6.33. The smallest absolute Gasteiger partial charge is 0.251 e. The molecule has 3 aromatic carbocycles. The average Bonchev–Trinajstić information content (AvgIpc) is 3.46. The van der Waals surface area contributed by atoms with Crippen LogP contribution in [0.4, 0.5) is 5.69 Å². The lowest BCUT2D eigenvalue weighted by Crippen LogP contribution is -2.33. The van der Waals surface area contributed by atoms with E-state index < -0.39 is 12.1 Å². The number of likely N-dealkylation sites (tertiary alicyclic amines) is 1. The van der Waals surface area contributed by atoms with Crippen molar-refractivity contribution in [3.05, 3.63) is 89.5 Å². The Bertz CT molecular complexity index is 1120. The second-order valence-corrected chi connectivity index (χ2v) is 8.54. The Morgan fingerprint density at radius 3 is 2.44 bits per heavy atom. The first-order valence-corrected chi connectivity index (χ1v) is 11.2. The van der Waals surface area contributed by atoms with Crippen molar-refractivity contribution in [2.24, 2.45) is 4.99 Å². The van der Waals surface area contributed by atoms with Crippen LogP contribution in [0.1, 0.15) is 40.4 Å². The van der Waals surface area contributed by atoms with Gasteiger partial charge in [0.25, 0.3) is 5.91 Å². The molecule has 0 spiro atoms. The first-order chi connectivity index (χ1) is 15.7. The van der Waals surface area contributed by atoms with Crippen molar-refractivity contribution in [3.8, 4) is 11.1 Å². The largest absolute Gasteiger partial charge is 0.390 e. The Morgan fingerprint density at radius 2 is 1.69 bits per heavy atom. The highest BCUT2D eigenvalue weighted by molar-refractivity contribution is 5.95. The van der Waals surface area contributed by atoms with Gasteiger partial charge in [-0.2, -0.15) is 0 Å². The molecule has 32 heavy (non-hydrogen) atoms. The molecule has 3 aromatic rings. The second-order valence-electron chi connectivity index (χ2n) is 8.54. The lowest BCUT2D eigenvalue weighted by atomic mass is 10.0. The molecule has 1 heterocycles. The summed E-state index contributed by atoms with van der Waals surface area (Å²) in [5.41, 5.74) is 5.60. The highest BCUT2D eigenvalue weighted by Gasteiger charge is 2.32. The number of nitrogens with one attached hydrogen (secondary N) is 1. The number of hydrogen-bond acceptors (Lipinski definition) is 3. The monoisotopic (exact) mass is 425 g/mol. The first-order valence-electron chi connectivity index (χ1n) is 11.2. The van der Waals surface area contributed by atoms with Crippen LogP contribution < -0.4 is 5.32 Å². The molecule has 2 aliphatic rings. The van der Waals surface area contributed by atoms with Gasteiger partial charge in [-0.25, -0.2) is 4.99 Å². The van der Waals surface area contributed by atoms with Gasteiger partial charge in [-0.1, -0.05) is 48.5 Å². The van der Waals surface area contributed by atoms with Gasteiger partial charge in [0.1, 0.15) is 0 Å². The summed E-state index contributed by atoms with van der Waals surface area (Å²) in [6, 6.07) is 23.2. The van der Waals surface area contributed by atoms with Gasteiger partial charge in [0.2, 0.25) is 0 Å². The van der Waals surface area contributed by atoms with Gasteiger partial charge in [-0.3, -0.25) is 4.79 Å². The second kappa shape index (κ2) is 8.97. The van der Waals surface area contributed by atoms with Gasteiger partial charge < -0.3 is 15.3 Å². The predicted molar refractivity (Wildman–Crippen MR) is 127 cm³/mol. The van der Waals surface area contributed by atoms with E-state index in [9.17, 15) is 9.90 Å². The van der Waals surface area contributed by atoms with Crippen LogP contribution in [0.25, 0.3) is 11.1 Å². The van der Waals surface area contributed by atoms with Crippen LogP contribution in [0.5, 0.6) is 0 Å². The number of aliphatic hydroxyl groups is 1. The summed E-state index contributed by atoms with van der Waals surface area (Å²) >= 11 is 0. The SMILES string of the molecule is O=C(NC1c2cc(N=CN3CCCC3)ccc2CC1O)c1ccc(-c2ccccc2)cc1. The summed E-state index contributed by atoms with van der Waals surface area (Å²) in [7, 11) is 0. The Labute approximate surface area is 188 Å². The molecule has 1 aliphatic carbocycles. The van der Waals surface area contributed by atoms with Crippen molar-refractivity contribution in [1.82, 2.24) is 10.2 Å². The number of hydrogen-bond donors (Lipinski definition) is 2. The van der Waals surface area contributed by atoms with Crippen LogP contribution in [-0.2, 0) is 6.42 Å². The Hall–Kier alpha value is -3.44. The van der Waals surface area contributed by atoms with E-state index in [2.05, 4.69) is 15.2 Å². The molecule has 1 fully saturated rings. The molecule has 5 nitrogen and oxygen atoms in total. The Morgan fingerprint density at radius 1 is 0.969 bits per heavy atom. The van der Waals surface area contributed by atoms with Crippen LogP contribution in [-0.4, -0.2) is 41.4 Å². The van der Waals surface area contributed by atoms with E-state index in [0.717, 1.165) is 41.0 Å². The molecular weight excluding hydrogens is 398 g/mol. The van der Waals surface area contributed by atoms with Crippen molar-refractivity contribution in [2.75, 3.05) is 13.1 Å². The first kappa shape index (κ1) is 20.5. The Kier molecular flexibility index (Phi) is 5.73. The molecule has 5 rings (SSSR count). The zero-order valence-corrected chi connectivity index (χ0v) is 17.9. The molecule has 5 heteroatoms.